The van der Waals surface area contributed by atoms with Gasteiger partial charge >= 0.3 is 5.97 Å². The molecule has 0 saturated carbocycles. The molecule has 1 aromatic carbocycles. The quantitative estimate of drug-likeness (QED) is 0.470. The molecule has 1 aromatic rings. The number of hydrogen-bond donors (Lipinski definition) is 0. The summed E-state index contributed by atoms with van der Waals surface area (Å²) in [5, 5.41) is 9.55. The SMILES string of the molecule is CC(C)OC(=O)C=C(C#N)c1ccc(Cl)cc1. The van der Waals surface area contributed by atoms with Crippen LogP contribution in [-0.4, -0.2) is 12.1 Å². The first-order valence-electron chi connectivity index (χ1n) is 5.11. The normalized spacial score (nSPS) is 11.1. The lowest BCUT2D eigenvalue weighted by Gasteiger charge is -2.05. The minimum Gasteiger partial charge on any atom is -0.460 e. The first-order valence-corrected chi connectivity index (χ1v) is 5.49. The highest BCUT2D eigenvalue weighted by Gasteiger charge is 2.06. The smallest absolute Gasteiger partial charge is 0.332 e. The summed E-state index contributed by atoms with van der Waals surface area (Å²) in [5.41, 5.74) is 0.893. The van der Waals surface area contributed by atoms with Crippen molar-refractivity contribution in [3.63, 3.8) is 0 Å². The summed E-state index contributed by atoms with van der Waals surface area (Å²) in [6, 6.07) is 8.65. The Kier molecular flexibility index (Phi) is 4.74. The molecule has 0 bridgehead atoms. The number of benzene rings is 1. The van der Waals surface area contributed by atoms with Crippen LogP contribution >= 0.6 is 11.6 Å². The standard InChI is InChI=1S/C13H12ClNO2/c1-9(2)17-13(16)7-11(8-15)10-3-5-12(14)6-4-10/h3-7,9H,1-2H3. The fourth-order valence-corrected chi connectivity index (χ4v) is 1.32. The number of nitriles is 1. The molecular formula is C13H12ClNO2. The van der Waals surface area contributed by atoms with E-state index in [1.165, 1.54) is 6.08 Å². The number of carbonyl (C=O) groups is 1. The van der Waals surface area contributed by atoms with Gasteiger partial charge in [0.1, 0.15) is 6.07 Å². The molecule has 4 heteroatoms. The van der Waals surface area contributed by atoms with Gasteiger partial charge in [-0.25, -0.2) is 4.79 Å². The fourth-order valence-electron chi connectivity index (χ4n) is 1.19. The highest BCUT2D eigenvalue weighted by Crippen LogP contribution is 2.17. The number of halogens is 1. The zero-order valence-electron chi connectivity index (χ0n) is 9.61. The lowest BCUT2D eigenvalue weighted by molar-refractivity contribution is -0.141. The van der Waals surface area contributed by atoms with Crippen molar-refractivity contribution >= 4 is 23.1 Å². The minimum atomic E-state index is -0.522. The van der Waals surface area contributed by atoms with Crippen molar-refractivity contribution in [1.29, 1.82) is 5.26 Å². The number of allylic oxidation sites excluding steroid dienone is 1. The highest BCUT2D eigenvalue weighted by molar-refractivity contribution is 6.30. The van der Waals surface area contributed by atoms with E-state index in [2.05, 4.69) is 0 Å². The van der Waals surface area contributed by atoms with Gasteiger partial charge in [0.05, 0.1) is 11.7 Å². The lowest BCUT2D eigenvalue weighted by atomic mass is 10.1. The first kappa shape index (κ1) is 13.3. The predicted octanol–water partition coefficient (Wildman–Crippen LogP) is 3.20. The van der Waals surface area contributed by atoms with Crippen LogP contribution in [0.3, 0.4) is 0 Å². The first-order chi connectivity index (χ1) is 8.02. The second-order valence-corrected chi connectivity index (χ2v) is 4.10. The van der Waals surface area contributed by atoms with Crippen LogP contribution < -0.4 is 0 Å². The van der Waals surface area contributed by atoms with Crippen LogP contribution in [0.5, 0.6) is 0 Å². The Bertz CT molecular complexity index is 469. The third-order valence-electron chi connectivity index (χ3n) is 1.89. The molecule has 0 radical (unpaired) electrons. The van der Waals surface area contributed by atoms with Gasteiger partial charge in [-0.3, -0.25) is 0 Å². The van der Waals surface area contributed by atoms with E-state index in [-0.39, 0.29) is 11.7 Å². The van der Waals surface area contributed by atoms with Crippen LogP contribution in [0.2, 0.25) is 5.02 Å². The second-order valence-electron chi connectivity index (χ2n) is 3.66. The van der Waals surface area contributed by atoms with Gasteiger partial charge in [-0.2, -0.15) is 5.26 Å². The largest absolute Gasteiger partial charge is 0.460 e. The van der Waals surface area contributed by atoms with Gasteiger partial charge in [0.15, 0.2) is 0 Å². The minimum absolute atomic E-state index is 0.205. The van der Waals surface area contributed by atoms with Crippen LogP contribution in [0.4, 0.5) is 0 Å². The van der Waals surface area contributed by atoms with Crippen molar-refractivity contribution in [2.45, 2.75) is 20.0 Å². The molecule has 88 valence electrons. The Morgan fingerprint density at radius 3 is 2.47 bits per heavy atom. The maximum Gasteiger partial charge on any atom is 0.332 e. The lowest BCUT2D eigenvalue weighted by Crippen LogP contribution is -2.09. The molecule has 0 spiro atoms. The van der Waals surface area contributed by atoms with Gasteiger partial charge in [-0.05, 0) is 31.5 Å². The molecular weight excluding hydrogens is 238 g/mol. The number of ether oxygens (including phenoxy) is 1. The summed E-state index contributed by atoms with van der Waals surface area (Å²) < 4.78 is 4.94. The summed E-state index contributed by atoms with van der Waals surface area (Å²) in [4.78, 5) is 11.4. The van der Waals surface area contributed by atoms with Crippen LogP contribution in [-0.2, 0) is 9.53 Å². The summed E-state index contributed by atoms with van der Waals surface area (Å²) in [6.45, 7) is 3.50. The van der Waals surface area contributed by atoms with E-state index in [0.29, 0.717) is 10.6 Å². The molecule has 0 saturated heterocycles. The van der Waals surface area contributed by atoms with Crippen molar-refractivity contribution in [2.24, 2.45) is 0 Å². The number of hydrogen-bond acceptors (Lipinski definition) is 3. The van der Waals surface area contributed by atoms with Crippen molar-refractivity contribution in [1.82, 2.24) is 0 Å². The van der Waals surface area contributed by atoms with Crippen LogP contribution in [0.1, 0.15) is 19.4 Å². The maximum absolute atomic E-state index is 11.4. The Hall–Kier alpha value is -1.79. The number of esters is 1. The molecule has 0 unspecified atom stereocenters. The van der Waals surface area contributed by atoms with Crippen molar-refractivity contribution in [3.05, 3.63) is 40.9 Å². The summed E-state index contributed by atoms with van der Waals surface area (Å²) >= 11 is 5.74. The monoisotopic (exact) mass is 249 g/mol. The Morgan fingerprint density at radius 1 is 1.41 bits per heavy atom. The molecule has 17 heavy (non-hydrogen) atoms. The molecule has 0 aliphatic carbocycles. The van der Waals surface area contributed by atoms with E-state index in [0.717, 1.165) is 0 Å². The molecule has 1 rings (SSSR count). The number of carbonyl (C=O) groups excluding carboxylic acids is 1. The van der Waals surface area contributed by atoms with Crippen LogP contribution in [0, 0.1) is 11.3 Å². The molecule has 0 aliphatic rings. The van der Waals surface area contributed by atoms with Gasteiger partial charge in [0.25, 0.3) is 0 Å². The summed E-state index contributed by atoms with van der Waals surface area (Å²) in [6.07, 6.45) is 0.979. The molecule has 0 amide bonds. The van der Waals surface area contributed by atoms with Gasteiger partial charge in [-0.15, -0.1) is 0 Å². The molecule has 0 fully saturated rings. The number of rotatable bonds is 3. The zero-order chi connectivity index (χ0) is 12.8. The molecule has 0 heterocycles. The molecule has 0 aromatic heterocycles. The summed E-state index contributed by atoms with van der Waals surface area (Å²) in [5.74, 6) is -0.522. The van der Waals surface area contributed by atoms with E-state index >= 15 is 0 Å². The molecule has 0 N–H and O–H groups in total. The van der Waals surface area contributed by atoms with Gasteiger partial charge < -0.3 is 4.74 Å². The molecule has 0 aliphatic heterocycles. The third-order valence-corrected chi connectivity index (χ3v) is 2.14. The average Bonchev–Trinajstić information content (AvgIpc) is 2.26. The third kappa shape index (κ3) is 4.29. The van der Waals surface area contributed by atoms with Gasteiger partial charge in [0.2, 0.25) is 0 Å². The van der Waals surface area contributed by atoms with E-state index in [4.69, 9.17) is 21.6 Å². The maximum atomic E-state index is 11.4. The number of nitrogens with zero attached hydrogens (tertiary/aromatic N) is 1. The fraction of sp³-hybridized carbons (Fsp3) is 0.231. The summed E-state index contributed by atoms with van der Waals surface area (Å²) in [7, 11) is 0. The average molecular weight is 250 g/mol. The van der Waals surface area contributed by atoms with Crippen molar-refractivity contribution < 1.29 is 9.53 Å². The highest BCUT2D eigenvalue weighted by atomic mass is 35.5. The van der Waals surface area contributed by atoms with E-state index < -0.39 is 5.97 Å². The topological polar surface area (TPSA) is 50.1 Å². The Balaban J connectivity index is 2.92. The van der Waals surface area contributed by atoms with Gasteiger partial charge in [-0.1, -0.05) is 23.7 Å². The molecule has 0 atom stereocenters. The van der Waals surface area contributed by atoms with Gasteiger partial charge in [0, 0.05) is 11.1 Å². The predicted molar refractivity (Wildman–Crippen MR) is 66.3 cm³/mol. The second kappa shape index (κ2) is 6.07. The van der Waals surface area contributed by atoms with E-state index in [9.17, 15) is 4.79 Å². The van der Waals surface area contributed by atoms with Crippen LogP contribution in [0.15, 0.2) is 30.3 Å². The van der Waals surface area contributed by atoms with E-state index in [1.54, 1.807) is 38.1 Å². The zero-order valence-corrected chi connectivity index (χ0v) is 10.4. The Labute approximate surface area is 105 Å². The van der Waals surface area contributed by atoms with Crippen LogP contribution in [0.25, 0.3) is 5.57 Å². The van der Waals surface area contributed by atoms with Crippen molar-refractivity contribution in [2.75, 3.05) is 0 Å². The molecule has 3 nitrogen and oxygen atoms in total. The Morgan fingerprint density at radius 2 is 2.00 bits per heavy atom. The van der Waals surface area contributed by atoms with Crippen molar-refractivity contribution in [3.8, 4) is 6.07 Å². The van der Waals surface area contributed by atoms with E-state index in [1.807, 2.05) is 6.07 Å².